The average molecular weight is 384 g/mol. The molecule has 0 amide bonds. The molecule has 0 aliphatic carbocycles. The van der Waals surface area contributed by atoms with Gasteiger partial charge in [-0.05, 0) is 25.0 Å². The molecule has 0 aliphatic rings. The number of benzene rings is 1. The average Bonchev–Trinajstić information content (AvgIpc) is 2.39. The zero-order valence-corrected chi connectivity index (χ0v) is 13.5. The maximum Gasteiger partial charge on any atom is 0.338 e. The number of rotatable bonds is 7. The van der Waals surface area contributed by atoms with E-state index >= 15 is 0 Å². The third-order valence-corrected chi connectivity index (χ3v) is 4.79. The van der Waals surface area contributed by atoms with Crippen molar-refractivity contribution in [1.82, 2.24) is 4.72 Å². The number of hydrogen-bond donors (Lipinski definition) is 3. The number of aliphatic hydroxyl groups is 1. The molecule has 0 aromatic heterocycles. The molecule has 0 heterocycles. The number of aliphatic hydroxyl groups excluding tert-OH is 1. The fourth-order valence-corrected chi connectivity index (χ4v) is 3.79. The van der Waals surface area contributed by atoms with Gasteiger partial charge in [-0.3, -0.25) is 0 Å². The minimum Gasteiger partial charge on any atom is -0.478 e. The van der Waals surface area contributed by atoms with Crippen molar-refractivity contribution in [2.45, 2.75) is 30.7 Å². The summed E-state index contributed by atoms with van der Waals surface area (Å²) in [4.78, 5) is 10.2. The molecule has 0 saturated carbocycles. The van der Waals surface area contributed by atoms with E-state index in [4.69, 9.17) is 10.2 Å². The van der Waals surface area contributed by atoms with Gasteiger partial charge < -0.3 is 10.2 Å². The summed E-state index contributed by atoms with van der Waals surface area (Å²) in [5.41, 5.74) is -0.736. The molecule has 1 aromatic carbocycles. The van der Waals surface area contributed by atoms with Crippen LogP contribution in [0.5, 0.6) is 0 Å². The summed E-state index contributed by atoms with van der Waals surface area (Å²) in [5.74, 6) is -2.88. The molecule has 9 heteroatoms. The second-order valence-corrected chi connectivity index (χ2v) is 6.91. The van der Waals surface area contributed by atoms with Gasteiger partial charge in [0.15, 0.2) is 5.82 Å². The number of nitrogens with one attached hydrogen (secondary N) is 1. The van der Waals surface area contributed by atoms with Crippen LogP contribution in [0.4, 0.5) is 4.39 Å². The van der Waals surface area contributed by atoms with E-state index in [-0.39, 0.29) is 17.5 Å². The lowest BCUT2D eigenvalue weighted by molar-refractivity contribution is 0.0691. The quantitative estimate of drug-likeness (QED) is 0.664. The van der Waals surface area contributed by atoms with Crippen molar-refractivity contribution in [3.05, 3.63) is 28.0 Å². The van der Waals surface area contributed by atoms with Gasteiger partial charge in [0.25, 0.3) is 0 Å². The number of hydrogen-bond acceptors (Lipinski definition) is 4. The Hall–Kier alpha value is -1.03. The summed E-state index contributed by atoms with van der Waals surface area (Å²) < 4.78 is 40.8. The van der Waals surface area contributed by atoms with Crippen LogP contribution >= 0.6 is 15.9 Å². The van der Waals surface area contributed by atoms with Gasteiger partial charge in [-0.25, -0.2) is 22.3 Å². The molecule has 0 fully saturated rings. The molecule has 1 aromatic rings. The van der Waals surface area contributed by atoms with Gasteiger partial charge in [-0.15, -0.1) is 0 Å². The van der Waals surface area contributed by atoms with E-state index in [1.165, 1.54) is 0 Å². The molecule has 1 unspecified atom stereocenters. The molecular weight excluding hydrogens is 369 g/mol. The van der Waals surface area contributed by atoms with E-state index in [9.17, 15) is 17.6 Å². The van der Waals surface area contributed by atoms with Gasteiger partial charge in [-0.1, -0.05) is 22.9 Å². The highest BCUT2D eigenvalue weighted by Crippen LogP contribution is 2.24. The Kier molecular flexibility index (Phi) is 6.26. The Balaban J connectivity index is 3.28. The van der Waals surface area contributed by atoms with Crippen LogP contribution in [0.3, 0.4) is 0 Å². The largest absolute Gasteiger partial charge is 0.478 e. The first-order valence-electron chi connectivity index (χ1n) is 6.08. The smallest absolute Gasteiger partial charge is 0.338 e. The Morgan fingerprint density at radius 2 is 2.10 bits per heavy atom. The number of aromatic carboxylic acids is 1. The predicted octanol–water partition coefficient (Wildman–Crippen LogP) is 1.73. The van der Waals surface area contributed by atoms with Gasteiger partial charge >= 0.3 is 5.97 Å². The Morgan fingerprint density at radius 3 is 2.57 bits per heavy atom. The summed E-state index contributed by atoms with van der Waals surface area (Å²) >= 11 is 2.96. The van der Waals surface area contributed by atoms with E-state index in [2.05, 4.69) is 20.7 Å². The maximum atomic E-state index is 14.1. The molecule has 118 valence electrons. The highest BCUT2D eigenvalue weighted by atomic mass is 79.9. The molecular formula is C12H15BrFNO5S. The van der Waals surface area contributed by atoms with E-state index in [0.717, 1.165) is 12.1 Å². The molecule has 0 saturated heterocycles. The van der Waals surface area contributed by atoms with Crippen molar-refractivity contribution in [1.29, 1.82) is 0 Å². The highest BCUT2D eigenvalue weighted by Gasteiger charge is 2.26. The van der Waals surface area contributed by atoms with E-state index < -0.39 is 38.3 Å². The SMILES string of the molecule is CCC(CCO)NS(=O)(=O)c1cc(Br)cc(C(=O)O)c1F. The summed E-state index contributed by atoms with van der Waals surface area (Å²) in [5, 5.41) is 17.7. The minimum atomic E-state index is -4.23. The lowest BCUT2D eigenvalue weighted by Gasteiger charge is -2.17. The van der Waals surface area contributed by atoms with E-state index in [1.54, 1.807) is 6.92 Å². The van der Waals surface area contributed by atoms with Crippen LogP contribution in [0.15, 0.2) is 21.5 Å². The standard InChI is InChI=1S/C12H15BrFNO5S/c1-2-8(3-4-16)15-21(19,20)10-6-7(13)5-9(11(10)14)12(17)18/h5-6,8,15-16H,2-4H2,1H3,(H,17,18). The van der Waals surface area contributed by atoms with Gasteiger partial charge in [0.05, 0.1) is 5.56 Å². The van der Waals surface area contributed by atoms with Crippen LogP contribution in [-0.4, -0.2) is 37.2 Å². The first-order valence-corrected chi connectivity index (χ1v) is 8.36. The van der Waals surface area contributed by atoms with E-state index in [1.807, 2.05) is 0 Å². The van der Waals surface area contributed by atoms with Gasteiger partial charge in [0, 0.05) is 17.1 Å². The Morgan fingerprint density at radius 1 is 1.48 bits per heavy atom. The fraction of sp³-hybridized carbons (Fsp3) is 0.417. The third-order valence-electron chi connectivity index (χ3n) is 2.82. The van der Waals surface area contributed by atoms with Crippen LogP contribution in [-0.2, 0) is 10.0 Å². The van der Waals surface area contributed by atoms with Crippen molar-refractivity contribution in [3.63, 3.8) is 0 Å². The lowest BCUT2D eigenvalue weighted by Crippen LogP contribution is -2.35. The molecule has 0 spiro atoms. The molecule has 1 atom stereocenters. The molecule has 21 heavy (non-hydrogen) atoms. The minimum absolute atomic E-state index is 0.136. The van der Waals surface area contributed by atoms with Crippen LogP contribution in [0, 0.1) is 5.82 Å². The zero-order valence-electron chi connectivity index (χ0n) is 11.1. The van der Waals surface area contributed by atoms with E-state index in [0.29, 0.717) is 6.42 Å². The second-order valence-electron chi connectivity index (χ2n) is 4.31. The van der Waals surface area contributed by atoms with Gasteiger partial charge in [0.2, 0.25) is 10.0 Å². The monoisotopic (exact) mass is 383 g/mol. The van der Waals surface area contributed by atoms with Crippen LogP contribution in [0.2, 0.25) is 0 Å². The first kappa shape index (κ1) is 18.0. The van der Waals surface area contributed by atoms with Crippen molar-refractivity contribution in [3.8, 4) is 0 Å². The topological polar surface area (TPSA) is 104 Å². The number of carboxylic acids is 1. The second kappa shape index (κ2) is 7.30. The maximum absolute atomic E-state index is 14.1. The first-order chi connectivity index (χ1) is 9.72. The van der Waals surface area contributed by atoms with Crippen molar-refractivity contribution < 1.29 is 27.8 Å². The normalized spacial score (nSPS) is 13.1. The molecule has 0 radical (unpaired) electrons. The lowest BCUT2D eigenvalue weighted by atomic mass is 10.2. The van der Waals surface area contributed by atoms with Crippen LogP contribution in [0.25, 0.3) is 0 Å². The van der Waals surface area contributed by atoms with Gasteiger partial charge in [-0.2, -0.15) is 0 Å². The van der Waals surface area contributed by atoms with Crippen molar-refractivity contribution in [2.75, 3.05) is 6.61 Å². The number of sulfonamides is 1. The van der Waals surface area contributed by atoms with Gasteiger partial charge in [0.1, 0.15) is 4.90 Å². The third kappa shape index (κ3) is 4.47. The summed E-state index contributed by atoms with van der Waals surface area (Å²) in [6.07, 6.45) is 0.582. The molecule has 0 bridgehead atoms. The fourth-order valence-electron chi connectivity index (χ4n) is 1.70. The number of carbonyl (C=O) groups is 1. The Labute approximate surface area is 130 Å². The highest BCUT2D eigenvalue weighted by molar-refractivity contribution is 9.10. The van der Waals surface area contributed by atoms with Crippen LogP contribution < -0.4 is 4.72 Å². The number of halogens is 2. The summed E-state index contributed by atoms with van der Waals surface area (Å²) in [6.45, 7) is 1.49. The molecule has 1 rings (SSSR count). The zero-order chi connectivity index (χ0) is 16.2. The van der Waals surface area contributed by atoms with Crippen molar-refractivity contribution >= 4 is 31.9 Å². The summed E-state index contributed by atoms with van der Waals surface area (Å²) in [6, 6.07) is 1.42. The van der Waals surface area contributed by atoms with Crippen molar-refractivity contribution in [2.24, 2.45) is 0 Å². The molecule has 0 aliphatic heterocycles. The number of carboxylic acid groups (broad SMARTS) is 1. The Bertz CT molecular complexity index is 635. The molecule has 6 nitrogen and oxygen atoms in total. The predicted molar refractivity (Wildman–Crippen MR) is 77.2 cm³/mol. The summed E-state index contributed by atoms with van der Waals surface area (Å²) in [7, 11) is -4.23. The molecule has 3 N–H and O–H groups in total. The van der Waals surface area contributed by atoms with Crippen LogP contribution in [0.1, 0.15) is 30.1 Å².